The lowest BCUT2D eigenvalue weighted by Gasteiger charge is -2.56. The quantitative estimate of drug-likeness (QED) is 0.0436. The zero-order valence-electron chi connectivity index (χ0n) is 42.8. The van der Waals surface area contributed by atoms with Gasteiger partial charge in [-0.25, -0.2) is 9.59 Å². The molecule has 3 aromatic rings. The summed E-state index contributed by atoms with van der Waals surface area (Å²) in [7, 11) is 0. The van der Waals surface area contributed by atoms with Gasteiger partial charge < -0.3 is 48.5 Å². The largest absolute Gasteiger partial charge is 0.445 e. The molecule has 0 heterocycles. The Kier molecular flexibility index (Phi) is 16.1. The van der Waals surface area contributed by atoms with E-state index in [-0.39, 0.29) is 66.5 Å². The Morgan fingerprint density at radius 1 is 0.708 bits per heavy atom. The summed E-state index contributed by atoms with van der Waals surface area (Å²) in [5.41, 5.74) is 22.5. The lowest BCUT2D eigenvalue weighted by Crippen LogP contribution is -2.60. The topological polar surface area (TPSA) is 279 Å². The van der Waals surface area contributed by atoms with Crippen LogP contribution in [-0.2, 0) is 59.0 Å². The van der Waals surface area contributed by atoms with Gasteiger partial charge in [-0.2, -0.15) is 0 Å². The highest BCUT2D eigenvalue weighted by Crippen LogP contribution is 2.59. The second-order valence-corrected chi connectivity index (χ2v) is 22.1. The molecule has 4 aliphatic rings. The highest BCUT2D eigenvalue weighted by Gasteiger charge is 2.58. The summed E-state index contributed by atoms with van der Waals surface area (Å²) in [6.45, 7) is 12.0. The summed E-state index contributed by atoms with van der Waals surface area (Å²) in [6, 6.07) is 16.2. The third-order valence-electron chi connectivity index (χ3n) is 16.9. The number of alkyl carbamates (subject to hydrolysis) is 1. The van der Waals surface area contributed by atoms with E-state index >= 15 is 0 Å². The van der Waals surface area contributed by atoms with Crippen LogP contribution in [0.25, 0.3) is 0 Å². The third-order valence-corrected chi connectivity index (χ3v) is 16.9. The predicted octanol–water partition coefficient (Wildman–Crippen LogP) is 6.35. The van der Waals surface area contributed by atoms with E-state index in [1.807, 2.05) is 31.2 Å². The first-order valence-corrected chi connectivity index (χ1v) is 25.6. The number of hydrogen-bond donors (Lipinski definition) is 9. The number of carbonyl (C=O) groups is 7. The molecule has 4 aliphatic carbocycles. The van der Waals surface area contributed by atoms with Crippen LogP contribution in [0.2, 0.25) is 0 Å². The highest BCUT2D eigenvalue weighted by atomic mass is 16.5. The summed E-state index contributed by atoms with van der Waals surface area (Å²) < 4.78 is 5.37. The molecular formula is C55H75N9O8. The number of anilines is 3. The van der Waals surface area contributed by atoms with Crippen molar-refractivity contribution in [2.75, 3.05) is 29.5 Å². The van der Waals surface area contributed by atoms with Crippen LogP contribution in [0.4, 0.5) is 26.7 Å². The van der Waals surface area contributed by atoms with Gasteiger partial charge in [-0.3, -0.25) is 29.3 Å². The summed E-state index contributed by atoms with van der Waals surface area (Å²) in [5.74, 6) is -1.88. The SMILES string of the molecule is CC(C)C(N)C(=O)N[C@@H](CCCNC(N)=O)C(=O)Nc1ccc(COC(=O)NCC(=O)Nc2ccc3c(c2)[C@@]2(C)CCC[C@](C)(C(=O)NC(=O)[C@@]4(C)CCC[C@]5(C)c6cc(N)ccc6CC[C@@H]45)[C@@H]2CC3)cc1. The lowest BCUT2D eigenvalue weighted by molar-refractivity contribution is -0.150. The smallest absolute Gasteiger partial charge is 0.407 e. The molecule has 3 aromatic carbocycles. The molecule has 8 amide bonds. The number of amides is 8. The summed E-state index contributed by atoms with van der Waals surface area (Å²) in [6.07, 6.45) is 8.03. The number of hydrogen-bond acceptors (Lipinski definition) is 10. The lowest BCUT2D eigenvalue weighted by atomic mass is 9.49. The molecule has 72 heavy (non-hydrogen) atoms. The predicted molar refractivity (Wildman–Crippen MR) is 276 cm³/mol. The third kappa shape index (κ3) is 11.3. The van der Waals surface area contributed by atoms with Crippen LogP contribution in [0.15, 0.2) is 60.7 Å². The Bertz CT molecular complexity index is 2570. The standard InChI is InChI=1S/C55H75N9O8/c1-32(2)45(57)47(67)63-41(10-7-27-59-50(58)70)46(66)62-37-18-11-33(12-19-37)31-72-51(71)60-30-44(65)61-38-20-14-35-16-22-43-53(4,40(35)29-38)24-9-26-55(43,6)49(69)64-48(68)54(5)25-8-23-52(3)39-28-36(56)17-13-34(39)15-21-42(52)54/h11-14,17-20,28-29,32,41-43,45H,7-10,15-16,21-27,30-31,56-57H2,1-6H3,(H,60,71)(H,61,65)(H,62,66)(H,63,67)(H3,58,59,70)(H,64,68,69)/t41-,42+,43+,45?,52+,53+,54-,55-/m0/s1. The molecule has 17 nitrogen and oxygen atoms in total. The Labute approximate surface area is 423 Å². The number of urea groups is 1. The molecule has 0 bridgehead atoms. The number of fused-ring (bicyclic) bond motifs is 6. The van der Waals surface area contributed by atoms with E-state index in [2.05, 4.69) is 64.8 Å². The van der Waals surface area contributed by atoms with E-state index in [0.717, 1.165) is 69.0 Å². The summed E-state index contributed by atoms with van der Waals surface area (Å²) in [4.78, 5) is 92.1. The Morgan fingerprint density at radius 3 is 1.86 bits per heavy atom. The van der Waals surface area contributed by atoms with Crippen molar-refractivity contribution < 1.29 is 38.3 Å². The number of nitrogen functional groups attached to an aromatic ring is 1. The van der Waals surface area contributed by atoms with Crippen LogP contribution < -0.4 is 49.1 Å². The number of nitrogens with two attached hydrogens (primary N) is 3. The van der Waals surface area contributed by atoms with Gasteiger partial charge in [-0.05, 0) is 157 Å². The summed E-state index contributed by atoms with van der Waals surface area (Å²) in [5, 5.41) is 16.4. The monoisotopic (exact) mass is 990 g/mol. The van der Waals surface area contributed by atoms with Gasteiger partial charge in [0.2, 0.25) is 29.5 Å². The van der Waals surface area contributed by atoms with Crippen molar-refractivity contribution in [1.82, 2.24) is 21.3 Å². The maximum Gasteiger partial charge on any atom is 0.407 e. The molecule has 8 atom stereocenters. The molecule has 0 radical (unpaired) electrons. The molecule has 0 aliphatic heterocycles. The van der Waals surface area contributed by atoms with Crippen LogP contribution >= 0.6 is 0 Å². The van der Waals surface area contributed by atoms with E-state index in [1.54, 1.807) is 38.1 Å². The van der Waals surface area contributed by atoms with Gasteiger partial charge >= 0.3 is 12.1 Å². The fourth-order valence-electron chi connectivity index (χ4n) is 12.8. The number of nitrogens with one attached hydrogen (secondary N) is 6. The number of benzene rings is 3. The van der Waals surface area contributed by atoms with E-state index in [9.17, 15) is 33.6 Å². The fourth-order valence-corrected chi connectivity index (χ4v) is 12.8. The number of rotatable bonds is 16. The van der Waals surface area contributed by atoms with Crippen LogP contribution in [0.1, 0.15) is 134 Å². The molecule has 0 spiro atoms. The molecule has 0 saturated heterocycles. The van der Waals surface area contributed by atoms with Gasteiger partial charge in [0.05, 0.1) is 16.9 Å². The van der Waals surface area contributed by atoms with Crippen molar-refractivity contribution in [2.24, 2.45) is 40.1 Å². The van der Waals surface area contributed by atoms with E-state index in [1.165, 1.54) is 16.7 Å². The van der Waals surface area contributed by atoms with Gasteiger partial charge in [0.1, 0.15) is 19.2 Å². The maximum absolute atomic E-state index is 14.7. The van der Waals surface area contributed by atoms with Crippen LogP contribution in [0, 0.1) is 28.6 Å². The van der Waals surface area contributed by atoms with Crippen LogP contribution in [-0.4, -0.2) is 66.8 Å². The second-order valence-electron chi connectivity index (χ2n) is 22.1. The Hall–Kier alpha value is -6.49. The molecule has 12 N–H and O–H groups in total. The number of aryl methyl sites for hydroxylation is 2. The number of imide groups is 1. The van der Waals surface area contributed by atoms with Gasteiger partial charge in [-0.1, -0.05) is 78.6 Å². The van der Waals surface area contributed by atoms with Crippen molar-refractivity contribution in [3.63, 3.8) is 0 Å². The first kappa shape index (κ1) is 53.3. The number of primary amides is 1. The Morgan fingerprint density at radius 2 is 1.28 bits per heavy atom. The molecule has 388 valence electrons. The fraction of sp³-hybridized carbons (Fsp3) is 0.545. The van der Waals surface area contributed by atoms with Gasteiger partial charge in [0.15, 0.2) is 0 Å². The van der Waals surface area contributed by atoms with E-state index < -0.39 is 52.8 Å². The van der Waals surface area contributed by atoms with Crippen molar-refractivity contribution in [3.8, 4) is 0 Å². The van der Waals surface area contributed by atoms with Gasteiger partial charge in [-0.15, -0.1) is 0 Å². The minimum atomic E-state index is -0.929. The first-order chi connectivity index (χ1) is 34.1. The Balaban J connectivity index is 0.911. The van der Waals surface area contributed by atoms with Crippen molar-refractivity contribution in [1.29, 1.82) is 0 Å². The maximum atomic E-state index is 14.7. The minimum absolute atomic E-state index is 0.0409. The van der Waals surface area contributed by atoms with E-state index in [0.29, 0.717) is 29.8 Å². The molecule has 2 fully saturated rings. The zero-order chi connectivity index (χ0) is 52.2. The molecule has 0 aromatic heterocycles. The summed E-state index contributed by atoms with van der Waals surface area (Å²) >= 11 is 0. The average Bonchev–Trinajstić information content (AvgIpc) is 3.33. The van der Waals surface area contributed by atoms with Gasteiger partial charge in [0, 0.05) is 23.6 Å². The molecule has 1 unspecified atom stereocenters. The van der Waals surface area contributed by atoms with Crippen LogP contribution in [0.5, 0.6) is 0 Å². The number of carbonyl (C=O) groups excluding carboxylic acids is 7. The molecule has 2 saturated carbocycles. The van der Waals surface area contributed by atoms with E-state index in [4.69, 9.17) is 21.9 Å². The highest BCUT2D eigenvalue weighted by molar-refractivity contribution is 6.01. The van der Waals surface area contributed by atoms with Crippen molar-refractivity contribution in [2.45, 2.75) is 148 Å². The van der Waals surface area contributed by atoms with Crippen molar-refractivity contribution in [3.05, 3.63) is 88.5 Å². The second kappa shape index (κ2) is 21.7. The average molecular weight is 990 g/mol. The van der Waals surface area contributed by atoms with Crippen LogP contribution in [0.3, 0.4) is 0 Å². The van der Waals surface area contributed by atoms with Crippen molar-refractivity contribution >= 4 is 58.7 Å². The molecule has 7 rings (SSSR count). The molecule has 17 heteroatoms. The zero-order valence-corrected chi connectivity index (χ0v) is 42.8. The minimum Gasteiger partial charge on any atom is -0.445 e. The number of ether oxygens (including phenoxy) is 1. The van der Waals surface area contributed by atoms with Gasteiger partial charge in [0.25, 0.3) is 0 Å². The first-order valence-electron chi connectivity index (χ1n) is 25.6. The normalized spacial score (nSPS) is 25.9. The molecular weight excluding hydrogens is 915 g/mol.